The first-order chi connectivity index (χ1) is 16.5. The van der Waals surface area contributed by atoms with Gasteiger partial charge in [0.2, 0.25) is 5.82 Å². The van der Waals surface area contributed by atoms with Gasteiger partial charge in [-0.2, -0.15) is 0 Å². The van der Waals surface area contributed by atoms with E-state index in [0.717, 1.165) is 10.6 Å². The highest BCUT2D eigenvalue weighted by molar-refractivity contribution is 7.13. The van der Waals surface area contributed by atoms with E-state index < -0.39 is 11.7 Å². The topological polar surface area (TPSA) is 71.3 Å². The number of para-hydroxylation sites is 1. The fourth-order valence-corrected chi connectivity index (χ4v) is 4.67. The van der Waals surface area contributed by atoms with Crippen molar-refractivity contribution in [2.45, 2.75) is 0 Å². The van der Waals surface area contributed by atoms with Crippen molar-refractivity contribution in [1.29, 1.82) is 0 Å². The van der Waals surface area contributed by atoms with Crippen LogP contribution in [0.3, 0.4) is 0 Å². The van der Waals surface area contributed by atoms with Crippen LogP contribution in [0.5, 0.6) is 0 Å². The first-order valence-electron chi connectivity index (χ1n) is 10.6. The predicted octanol–water partition coefficient (Wildman–Crippen LogP) is 4.39. The quantitative estimate of drug-likeness (QED) is 0.421. The average Bonchev–Trinajstić information content (AvgIpc) is 3.56. The van der Waals surface area contributed by atoms with E-state index in [1.54, 1.807) is 9.58 Å². The lowest BCUT2D eigenvalue weighted by Gasteiger charge is -2.34. The monoisotopic (exact) mass is 495 g/mol. The molecule has 2 aromatic heterocycles. The van der Waals surface area contributed by atoms with Gasteiger partial charge in [-0.1, -0.05) is 35.9 Å². The summed E-state index contributed by atoms with van der Waals surface area (Å²) in [6.45, 7) is 1.13. The van der Waals surface area contributed by atoms with E-state index in [4.69, 9.17) is 11.6 Å². The maximum absolute atomic E-state index is 14.1. The van der Waals surface area contributed by atoms with Crippen LogP contribution in [0.4, 0.5) is 4.39 Å². The van der Waals surface area contributed by atoms with Crippen LogP contribution in [0.2, 0.25) is 5.02 Å². The van der Waals surface area contributed by atoms with E-state index in [2.05, 4.69) is 10.1 Å². The minimum absolute atomic E-state index is 0.0730. The lowest BCUT2D eigenvalue weighted by molar-refractivity contribution is 0.0526. The Morgan fingerprint density at radius 1 is 0.912 bits per heavy atom. The van der Waals surface area contributed by atoms with Crippen LogP contribution in [-0.2, 0) is 0 Å². The van der Waals surface area contributed by atoms with E-state index in [-0.39, 0.29) is 30.4 Å². The van der Waals surface area contributed by atoms with Crippen molar-refractivity contribution in [2.75, 3.05) is 26.2 Å². The Hall–Kier alpha value is -3.56. The molecule has 0 atom stereocenters. The fraction of sp³-hybridized carbons (Fsp3) is 0.167. The van der Waals surface area contributed by atoms with E-state index in [0.29, 0.717) is 23.9 Å². The van der Waals surface area contributed by atoms with Crippen LogP contribution < -0.4 is 0 Å². The number of rotatable bonds is 4. The van der Waals surface area contributed by atoms with Crippen molar-refractivity contribution in [3.05, 3.63) is 88.3 Å². The third-order valence-corrected chi connectivity index (χ3v) is 6.65. The molecule has 2 aromatic carbocycles. The number of thiophene rings is 1. The van der Waals surface area contributed by atoms with Gasteiger partial charge in [0.15, 0.2) is 5.82 Å². The van der Waals surface area contributed by atoms with Crippen LogP contribution in [0.1, 0.15) is 21.0 Å². The third kappa shape index (κ3) is 4.32. The van der Waals surface area contributed by atoms with Crippen LogP contribution in [0.25, 0.3) is 16.4 Å². The van der Waals surface area contributed by atoms with E-state index >= 15 is 0 Å². The predicted molar refractivity (Wildman–Crippen MR) is 128 cm³/mol. The van der Waals surface area contributed by atoms with Gasteiger partial charge in [-0.25, -0.2) is 14.1 Å². The van der Waals surface area contributed by atoms with Crippen molar-refractivity contribution in [3.8, 4) is 16.4 Å². The SMILES string of the molecule is O=C(c1nc(-c2cccs2)n(-c2ccccc2)n1)N1CCN(C(=O)c2cc(Cl)ccc2F)CC1. The summed E-state index contributed by atoms with van der Waals surface area (Å²) < 4.78 is 15.8. The Labute approximate surface area is 204 Å². The highest BCUT2D eigenvalue weighted by atomic mass is 35.5. The Balaban J connectivity index is 1.34. The zero-order valence-electron chi connectivity index (χ0n) is 17.9. The largest absolute Gasteiger partial charge is 0.335 e. The number of carbonyl (C=O) groups excluding carboxylic acids is 2. The van der Waals surface area contributed by atoms with Gasteiger partial charge in [0.1, 0.15) is 5.82 Å². The van der Waals surface area contributed by atoms with Gasteiger partial charge in [-0.15, -0.1) is 16.4 Å². The Bertz CT molecular complexity index is 1330. The van der Waals surface area contributed by atoms with E-state index in [1.165, 1.54) is 34.4 Å². The van der Waals surface area contributed by atoms with Crippen molar-refractivity contribution < 1.29 is 14.0 Å². The number of carbonyl (C=O) groups is 2. The van der Waals surface area contributed by atoms with Crippen LogP contribution >= 0.6 is 22.9 Å². The molecule has 34 heavy (non-hydrogen) atoms. The molecule has 1 fully saturated rings. The molecule has 0 aliphatic carbocycles. The number of piperazine rings is 1. The van der Waals surface area contributed by atoms with Gasteiger partial charge in [-0.3, -0.25) is 9.59 Å². The first-order valence-corrected chi connectivity index (χ1v) is 11.9. The molecule has 0 radical (unpaired) electrons. The van der Waals surface area contributed by atoms with Gasteiger partial charge < -0.3 is 9.80 Å². The molecule has 0 spiro atoms. The molecule has 0 unspecified atom stereocenters. The zero-order chi connectivity index (χ0) is 23.7. The summed E-state index contributed by atoms with van der Waals surface area (Å²) in [6.07, 6.45) is 0. The van der Waals surface area contributed by atoms with Crippen molar-refractivity contribution >= 4 is 34.8 Å². The molecule has 1 aliphatic heterocycles. The van der Waals surface area contributed by atoms with Gasteiger partial charge in [-0.05, 0) is 41.8 Å². The third-order valence-electron chi connectivity index (χ3n) is 5.55. The molecule has 0 bridgehead atoms. The summed E-state index contributed by atoms with van der Waals surface area (Å²) in [5, 5.41) is 6.75. The molecular formula is C24H19ClFN5O2S. The fourth-order valence-electron chi connectivity index (χ4n) is 3.80. The molecule has 0 saturated carbocycles. The molecule has 3 heterocycles. The number of halogens is 2. The average molecular weight is 496 g/mol. The lowest BCUT2D eigenvalue weighted by atomic mass is 10.1. The zero-order valence-corrected chi connectivity index (χ0v) is 19.5. The molecule has 7 nitrogen and oxygen atoms in total. The molecule has 172 valence electrons. The standard InChI is InChI=1S/C24H19ClFN5O2S/c25-16-8-9-19(26)18(15-16)23(32)29-10-12-30(13-11-29)24(33)21-27-22(20-7-4-14-34-20)31(28-21)17-5-2-1-3-6-17/h1-9,14-15H,10-13H2. The maximum Gasteiger partial charge on any atom is 0.293 e. The minimum Gasteiger partial charge on any atom is -0.335 e. The second kappa shape index (κ2) is 9.36. The van der Waals surface area contributed by atoms with Gasteiger partial charge in [0.25, 0.3) is 11.8 Å². The first kappa shape index (κ1) is 22.2. The van der Waals surface area contributed by atoms with Crippen LogP contribution in [-0.4, -0.2) is 62.6 Å². The maximum atomic E-state index is 14.1. The Kier molecular flexibility index (Phi) is 6.12. The smallest absolute Gasteiger partial charge is 0.293 e. The molecular weight excluding hydrogens is 477 g/mol. The molecule has 10 heteroatoms. The molecule has 4 aromatic rings. The van der Waals surface area contributed by atoms with Gasteiger partial charge >= 0.3 is 0 Å². The lowest BCUT2D eigenvalue weighted by Crippen LogP contribution is -2.51. The molecule has 2 amide bonds. The van der Waals surface area contributed by atoms with E-state index in [9.17, 15) is 14.0 Å². The second-order valence-corrected chi connectivity index (χ2v) is 9.08. The molecule has 1 aliphatic rings. The Morgan fingerprint density at radius 3 is 2.29 bits per heavy atom. The van der Waals surface area contributed by atoms with Gasteiger partial charge in [0.05, 0.1) is 16.1 Å². The normalized spacial score (nSPS) is 13.8. The Morgan fingerprint density at radius 2 is 1.62 bits per heavy atom. The highest BCUT2D eigenvalue weighted by Crippen LogP contribution is 2.26. The number of aromatic nitrogens is 3. The number of benzene rings is 2. The second-order valence-electron chi connectivity index (χ2n) is 7.69. The molecule has 0 N–H and O–H groups in total. The summed E-state index contributed by atoms with van der Waals surface area (Å²) >= 11 is 7.44. The number of nitrogens with zero attached hydrogens (tertiary/aromatic N) is 5. The number of hydrogen-bond donors (Lipinski definition) is 0. The minimum atomic E-state index is -0.621. The summed E-state index contributed by atoms with van der Waals surface area (Å²) in [5.41, 5.74) is 0.729. The van der Waals surface area contributed by atoms with Crippen molar-refractivity contribution in [3.63, 3.8) is 0 Å². The van der Waals surface area contributed by atoms with Crippen LogP contribution in [0.15, 0.2) is 66.0 Å². The summed E-state index contributed by atoms with van der Waals surface area (Å²) in [6, 6.07) is 17.3. The molecule has 5 rings (SSSR count). The number of amides is 2. The molecule has 1 saturated heterocycles. The van der Waals surface area contributed by atoms with Crippen molar-refractivity contribution in [1.82, 2.24) is 24.6 Å². The van der Waals surface area contributed by atoms with Crippen LogP contribution in [0, 0.1) is 5.82 Å². The summed E-state index contributed by atoms with van der Waals surface area (Å²) in [7, 11) is 0. The summed E-state index contributed by atoms with van der Waals surface area (Å²) in [4.78, 5) is 34.6. The highest BCUT2D eigenvalue weighted by Gasteiger charge is 2.29. The number of hydrogen-bond acceptors (Lipinski definition) is 5. The summed E-state index contributed by atoms with van der Waals surface area (Å²) in [5.74, 6) is -0.695. The van der Waals surface area contributed by atoms with Crippen molar-refractivity contribution in [2.24, 2.45) is 0 Å². The van der Waals surface area contributed by atoms with E-state index in [1.807, 2.05) is 47.8 Å². The van der Waals surface area contributed by atoms with Gasteiger partial charge in [0, 0.05) is 31.2 Å².